The van der Waals surface area contributed by atoms with E-state index in [1.165, 1.54) is 0 Å². The second kappa shape index (κ2) is 4.44. The summed E-state index contributed by atoms with van der Waals surface area (Å²) in [6.45, 7) is 3.10. The number of aromatic amines is 1. The Kier molecular flexibility index (Phi) is 3.01. The first kappa shape index (κ1) is 10.2. The molecule has 1 saturated heterocycles. The normalized spacial score (nSPS) is 26.2. The Hall–Kier alpha value is -1.36. The van der Waals surface area contributed by atoms with Crippen LogP contribution in [0.4, 0.5) is 5.69 Å². The molecule has 0 spiro atoms. The van der Waals surface area contributed by atoms with E-state index in [-0.39, 0.29) is 11.9 Å². The molecule has 3 N–H and O–H groups in total. The zero-order chi connectivity index (χ0) is 10.7. The lowest BCUT2D eigenvalue weighted by Gasteiger charge is -2.26. The van der Waals surface area contributed by atoms with Crippen LogP contribution in [-0.4, -0.2) is 28.7 Å². The van der Waals surface area contributed by atoms with Gasteiger partial charge in [-0.25, -0.2) is 0 Å². The van der Waals surface area contributed by atoms with Crippen LogP contribution in [0.25, 0.3) is 0 Å². The molecule has 1 amide bonds. The molecule has 2 atom stereocenters. The number of amides is 1. The highest BCUT2D eigenvalue weighted by Gasteiger charge is 2.24. The zero-order valence-corrected chi connectivity index (χ0v) is 8.79. The molecule has 15 heavy (non-hydrogen) atoms. The molecule has 1 aliphatic heterocycles. The van der Waals surface area contributed by atoms with Crippen LogP contribution in [0.3, 0.4) is 0 Å². The van der Waals surface area contributed by atoms with Crippen LogP contribution in [-0.2, 0) is 4.79 Å². The van der Waals surface area contributed by atoms with Crippen LogP contribution in [0.5, 0.6) is 0 Å². The Morgan fingerprint density at radius 1 is 1.67 bits per heavy atom. The summed E-state index contributed by atoms with van der Waals surface area (Å²) in [6, 6.07) is -0.0661. The van der Waals surface area contributed by atoms with Gasteiger partial charge in [0.05, 0.1) is 17.9 Å². The van der Waals surface area contributed by atoms with Crippen molar-refractivity contribution >= 4 is 11.6 Å². The highest BCUT2D eigenvalue weighted by Crippen LogP contribution is 2.16. The van der Waals surface area contributed by atoms with E-state index in [1.54, 1.807) is 12.4 Å². The fourth-order valence-corrected chi connectivity index (χ4v) is 1.86. The standard InChI is InChI=1S/C10H16N4O/c1-7-2-3-11-9(4-7)10(15)14-8-5-12-13-6-8/h5-7,9,11H,2-4H2,1H3,(H,12,13)(H,14,15). The van der Waals surface area contributed by atoms with Crippen molar-refractivity contribution in [1.82, 2.24) is 15.5 Å². The van der Waals surface area contributed by atoms with Crippen LogP contribution < -0.4 is 10.6 Å². The van der Waals surface area contributed by atoms with Crippen molar-refractivity contribution in [2.45, 2.75) is 25.8 Å². The third-order valence-corrected chi connectivity index (χ3v) is 2.75. The van der Waals surface area contributed by atoms with Crippen molar-refractivity contribution in [2.24, 2.45) is 5.92 Å². The van der Waals surface area contributed by atoms with Crippen LogP contribution in [0, 0.1) is 5.92 Å². The predicted octanol–water partition coefficient (Wildman–Crippen LogP) is 0.736. The van der Waals surface area contributed by atoms with Gasteiger partial charge in [-0.1, -0.05) is 6.92 Å². The number of nitrogens with zero attached hydrogens (tertiary/aromatic N) is 1. The zero-order valence-electron chi connectivity index (χ0n) is 8.79. The first-order valence-corrected chi connectivity index (χ1v) is 5.28. The van der Waals surface area contributed by atoms with Gasteiger partial charge < -0.3 is 10.6 Å². The number of hydrogen-bond acceptors (Lipinski definition) is 3. The number of carbonyl (C=O) groups is 1. The van der Waals surface area contributed by atoms with Crippen LogP contribution in [0.2, 0.25) is 0 Å². The average Bonchev–Trinajstić information content (AvgIpc) is 2.70. The Morgan fingerprint density at radius 3 is 3.20 bits per heavy atom. The molecule has 2 heterocycles. The van der Waals surface area contributed by atoms with Gasteiger partial charge in [-0.3, -0.25) is 9.89 Å². The largest absolute Gasteiger partial charge is 0.322 e. The lowest BCUT2D eigenvalue weighted by Crippen LogP contribution is -2.45. The van der Waals surface area contributed by atoms with E-state index in [2.05, 4.69) is 27.8 Å². The Morgan fingerprint density at radius 2 is 2.53 bits per heavy atom. The lowest BCUT2D eigenvalue weighted by atomic mass is 9.94. The highest BCUT2D eigenvalue weighted by molar-refractivity contribution is 5.94. The second-order valence-electron chi connectivity index (χ2n) is 4.11. The molecule has 0 aromatic carbocycles. The summed E-state index contributed by atoms with van der Waals surface area (Å²) in [5, 5.41) is 12.5. The SMILES string of the molecule is CC1CCNC(C(=O)Nc2cn[nH]c2)C1. The molecule has 1 aromatic heterocycles. The van der Waals surface area contributed by atoms with E-state index in [9.17, 15) is 4.79 Å². The monoisotopic (exact) mass is 208 g/mol. The molecule has 1 aromatic rings. The molecular weight excluding hydrogens is 192 g/mol. The summed E-state index contributed by atoms with van der Waals surface area (Å²) >= 11 is 0. The van der Waals surface area contributed by atoms with Gasteiger partial charge in [0.15, 0.2) is 0 Å². The number of nitrogens with one attached hydrogen (secondary N) is 3. The van der Waals surface area contributed by atoms with E-state index < -0.39 is 0 Å². The molecule has 2 unspecified atom stereocenters. The first-order valence-electron chi connectivity index (χ1n) is 5.28. The molecule has 5 heteroatoms. The number of rotatable bonds is 2. The lowest BCUT2D eigenvalue weighted by molar-refractivity contribution is -0.119. The predicted molar refractivity (Wildman–Crippen MR) is 57.4 cm³/mol. The number of H-pyrrole nitrogens is 1. The Balaban J connectivity index is 1.90. The summed E-state index contributed by atoms with van der Waals surface area (Å²) in [4.78, 5) is 11.8. The number of carbonyl (C=O) groups excluding carboxylic acids is 1. The minimum atomic E-state index is -0.0661. The molecule has 2 rings (SSSR count). The van der Waals surface area contributed by atoms with Crippen molar-refractivity contribution in [3.63, 3.8) is 0 Å². The summed E-state index contributed by atoms with van der Waals surface area (Å²) < 4.78 is 0. The van der Waals surface area contributed by atoms with Gasteiger partial charge in [0, 0.05) is 6.20 Å². The molecule has 0 bridgehead atoms. The van der Waals surface area contributed by atoms with Crippen LogP contribution >= 0.6 is 0 Å². The summed E-state index contributed by atoms with van der Waals surface area (Å²) in [5.74, 6) is 0.647. The topological polar surface area (TPSA) is 69.8 Å². The van der Waals surface area contributed by atoms with E-state index >= 15 is 0 Å². The maximum Gasteiger partial charge on any atom is 0.241 e. The smallest absolute Gasteiger partial charge is 0.241 e. The minimum Gasteiger partial charge on any atom is -0.322 e. The number of anilines is 1. The minimum absolute atomic E-state index is 0.0305. The van der Waals surface area contributed by atoms with E-state index in [4.69, 9.17) is 0 Å². The number of aromatic nitrogens is 2. The fraction of sp³-hybridized carbons (Fsp3) is 0.600. The molecular formula is C10H16N4O. The Labute approximate surface area is 88.6 Å². The van der Waals surface area contributed by atoms with Crippen LogP contribution in [0.1, 0.15) is 19.8 Å². The molecule has 1 aliphatic rings. The fourth-order valence-electron chi connectivity index (χ4n) is 1.86. The van der Waals surface area contributed by atoms with Gasteiger partial charge in [-0.15, -0.1) is 0 Å². The van der Waals surface area contributed by atoms with Gasteiger partial charge >= 0.3 is 0 Å². The van der Waals surface area contributed by atoms with Gasteiger partial charge in [0.25, 0.3) is 0 Å². The Bertz CT molecular complexity index is 322. The molecule has 82 valence electrons. The average molecular weight is 208 g/mol. The third kappa shape index (κ3) is 2.56. The van der Waals surface area contributed by atoms with Gasteiger partial charge in [-0.2, -0.15) is 5.10 Å². The van der Waals surface area contributed by atoms with Crippen molar-refractivity contribution < 1.29 is 4.79 Å². The van der Waals surface area contributed by atoms with Gasteiger partial charge in [0.2, 0.25) is 5.91 Å². The van der Waals surface area contributed by atoms with Gasteiger partial charge in [0.1, 0.15) is 0 Å². The second-order valence-corrected chi connectivity index (χ2v) is 4.11. The third-order valence-electron chi connectivity index (χ3n) is 2.75. The van der Waals surface area contributed by atoms with E-state index in [0.29, 0.717) is 5.92 Å². The quantitative estimate of drug-likeness (QED) is 0.671. The van der Waals surface area contributed by atoms with E-state index in [1.807, 2.05) is 0 Å². The summed E-state index contributed by atoms with van der Waals surface area (Å²) in [5.41, 5.74) is 0.722. The number of piperidine rings is 1. The summed E-state index contributed by atoms with van der Waals surface area (Å²) in [6.07, 6.45) is 5.33. The van der Waals surface area contributed by atoms with Crippen molar-refractivity contribution in [3.05, 3.63) is 12.4 Å². The molecule has 0 aliphatic carbocycles. The van der Waals surface area contributed by atoms with Crippen molar-refractivity contribution in [2.75, 3.05) is 11.9 Å². The molecule has 1 fully saturated rings. The molecule has 0 radical (unpaired) electrons. The first-order chi connectivity index (χ1) is 7.25. The maximum absolute atomic E-state index is 11.8. The van der Waals surface area contributed by atoms with Crippen molar-refractivity contribution in [1.29, 1.82) is 0 Å². The van der Waals surface area contributed by atoms with Gasteiger partial charge in [-0.05, 0) is 25.3 Å². The van der Waals surface area contributed by atoms with E-state index in [0.717, 1.165) is 25.1 Å². The maximum atomic E-state index is 11.8. The molecule has 5 nitrogen and oxygen atoms in total. The highest BCUT2D eigenvalue weighted by atomic mass is 16.2. The summed E-state index contributed by atoms with van der Waals surface area (Å²) in [7, 11) is 0. The number of hydrogen-bond donors (Lipinski definition) is 3. The van der Waals surface area contributed by atoms with Crippen molar-refractivity contribution in [3.8, 4) is 0 Å². The van der Waals surface area contributed by atoms with Crippen LogP contribution in [0.15, 0.2) is 12.4 Å². The molecule has 0 saturated carbocycles.